The van der Waals surface area contributed by atoms with Gasteiger partial charge in [0, 0.05) is 32.0 Å². The smallest absolute Gasteiger partial charge is 0.326 e. The van der Waals surface area contributed by atoms with Gasteiger partial charge in [0.15, 0.2) is 6.29 Å². The first-order valence-corrected chi connectivity index (χ1v) is 9.52. The molecule has 152 valence electrons. The lowest BCUT2D eigenvalue weighted by atomic mass is 10.0. The van der Waals surface area contributed by atoms with E-state index in [0.29, 0.717) is 12.1 Å². The fraction of sp³-hybridized carbons (Fsp3) is 0.722. The molecule has 1 aliphatic heterocycles. The summed E-state index contributed by atoms with van der Waals surface area (Å²) < 4.78 is 7.50. The number of carboxylic acid groups (broad SMARTS) is 1. The number of aliphatic hydroxyl groups is 1. The number of ether oxygens (including phenoxy) is 1. The number of aliphatic carboxylic acids is 1. The highest BCUT2D eigenvalue weighted by Gasteiger charge is 2.35. The van der Waals surface area contributed by atoms with Crippen LogP contribution in [-0.4, -0.2) is 56.6 Å². The molecule has 1 aliphatic rings. The normalized spacial score (nSPS) is 23.3. The van der Waals surface area contributed by atoms with E-state index in [9.17, 15) is 19.8 Å². The van der Waals surface area contributed by atoms with E-state index in [2.05, 4.69) is 17.2 Å². The van der Waals surface area contributed by atoms with Crippen LogP contribution in [0.5, 0.6) is 0 Å². The van der Waals surface area contributed by atoms with Crippen LogP contribution in [0.25, 0.3) is 0 Å². The number of aliphatic hydroxyl groups excluding tert-OH is 1. The summed E-state index contributed by atoms with van der Waals surface area (Å²) in [6, 6.07) is -1.09. The van der Waals surface area contributed by atoms with Crippen LogP contribution in [0.3, 0.4) is 0 Å². The molecule has 27 heavy (non-hydrogen) atoms. The van der Waals surface area contributed by atoms with Gasteiger partial charge in [-0.25, -0.2) is 9.78 Å². The van der Waals surface area contributed by atoms with Gasteiger partial charge in [-0.2, -0.15) is 0 Å². The van der Waals surface area contributed by atoms with Crippen molar-refractivity contribution in [3.8, 4) is 0 Å². The highest BCUT2D eigenvalue weighted by molar-refractivity contribution is 5.83. The summed E-state index contributed by atoms with van der Waals surface area (Å²) in [7, 11) is 0. The average molecular weight is 382 g/mol. The molecule has 2 rings (SSSR count). The topological polar surface area (TPSA) is 140 Å². The number of nitrogens with zero attached hydrogens (tertiary/aromatic N) is 2. The molecule has 0 aromatic carbocycles. The summed E-state index contributed by atoms with van der Waals surface area (Å²) in [5.74, 6) is -1.51. The Morgan fingerprint density at radius 3 is 2.93 bits per heavy atom. The molecule has 1 aromatic rings. The van der Waals surface area contributed by atoms with Crippen LogP contribution in [0.1, 0.15) is 57.2 Å². The van der Waals surface area contributed by atoms with Crippen molar-refractivity contribution < 1.29 is 24.5 Å². The molecule has 0 saturated carbocycles. The Labute approximate surface area is 158 Å². The Balaban J connectivity index is 2.01. The molecule has 4 atom stereocenters. The molecule has 5 N–H and O–H groups in total. The number of carbonyl (C=O) groups excluding carboxylic acids is 1. The second-order valence-corrected chi connectivity index (χ2v) is 6.94. The number of hydrogen-bond donors (Lipinski definition) is 4. The fourth-order valence-corrected chi connectivity index (χ4v) is 3.35. The van der Waals surface area contributed by atoms with Gasteiger partial charge >= 0.3 is 5.97 Å². The second kappa shape index (κ2) is 10.4. The Morgan fingerprint density at radius 1 is 1.48 bits per heavy atom. The number of unbranched alkanes of at least 4 members (excludes halogenated alkanes) is 2. The van der Waals surface area contributed by atoms with Crippen molar-refractivity contribution >= 4 is 11.9 Å². The van der Waals surface area contributed by atoms with Crippen molar-refractivity contribution in [2.75, 3.05) is 6.54 Å². The van der Waals surface area contributed by atoms with Gasteiger partial charge in [0.2, 0.25) is 5.91 Å². The Hall–Kier alpha value is -1.97. The summed E-state index contributed by atoms with van der Waals surface area (Å²) in [6.07, 6.45) is 7.26. The number of aromatic nitrogens is 2. The zero-order chi connectivity index (χ0) is 19.8. The molecule has 0 aliphatic carbocycles. The zero-order valence-corrected chi connectivity index (χ0v) is 15.7. The SMILES string of the molecule is CCCCCC1OC(O)CC1n1cnc(C[C@H](NC(=O)CCN)C(=O)O)c1. The number of amides is 1. The van der Waals surface area contributed by atoms with Crippen LogP contribution in [-0.2, 0) is 20.7 Å². The molecule has 2 heterocycles. The third-order valence-electron chi connectivity index (χ3n) is 4.75. The van der Waals surface area contributed by atoms with Crippen molar-refractivity contribution in [2.45, 2.75) is 76.3 Å². The van der Waals surface area contributed by atoms with Crippen LogP contribution in [0.4, 0.5) is 0 Å². The average Bonchev–Trinajstić information content (AvgIpc) is 3.21. The summed E-state index contributed by atoms with van der Waals surface area (Å²) in [5.41, 5.74) is 5.88. The van der Waals surface area contributed by atoms with Crippen LogP contribution < -0.4 is 11.1 Å². The predicted molar refractivity (Wildman–Crippen MR) is 97.8 cm³/mol. The molecule has 9 heteroatoms. The molecule has 0 bridgehead atoms. The first-order valence-electron chi connectivity index (χ1n) is 9.52. The van der Waals surface area contributed by atoms with Crippen molar-refractivity contribution in [3.63, 3.8) is 0 Å². The van der Waals surface area contributed by atoms with E-state index in [1.54, 1.807) is 12.5 Å². The first kappa shape index (κ1) is 21.3. The Morgan fingerprint density at radius 2 is 2.26 bits per heavy atom. The quantitative estimate of drug-likeness (QED) is 0.410. The van der Waals surface area contributed by atoms with E-state index >= 15 is 0 Å². The summed E-state index contributed by atoms with van der Waals surface area (Å²) >= 11 is 0. The summed E-state index contributed by atoms with van der Waals surface area (Å²) in [6.45, 7) is 2.30. The maximum absolute atomic E-state index is 11.6. The maximum Gasteiger partial charge on any atom is 0.326 e. The standard InChI is InChI=1S/C18H30N4O5/c1-2-3-4-5-15-14(9-17(24)27-15)22-10-12(20-11-22)8-13(18(25)26)21-16(23)6-7-19/h10-11,13-15,17,24H,2-9,19H2,1H3,(H,21,23)(H,25,26)/t13-,14?,15?,17?/m0/s1. The van der Waals surface area contributed by atoms with Crippen LogP contribution in [0.2, 0.25) is 0 Å². The fourth-order valence-electron chi connectivity index (χ4n) is 3.35. The van der Waals surface area contributed by atoms with Crippen LogP contribution in [0.15, 0.2) is 12.5 Å². The number of nitrogens with two attached hydrogens (primary N) is 1. The number of hydrogen-bond acceptors (Lipinski definition) is 6. The molecule has 1 aromatic heterocycles. The van der Waals surface area contributed by atoms with Crippen molar-refractivity contribution in [1.29, 1.82) is 0 Å². The van der Waals surface area contributed by atoms with E-state index in [1.807, 2.05) is 4.57 Å². The number of imidazole rings is 1. The van der Waals surface area contributed by atoms with Gasteiger partial charge in [-0.05, 0) is 6.42 Å². The minimum atomic E-state index is -1.12. The molecule has 0 radical (unpaired) electrons. The lowest BCUT2D eigenvalue weighted by Gasteiger charge is -2.19. The van der Waals surface area contributed by atoms with E-state index in [0.717, 1.165) is 25.7 Å². The highest BCUT2D eigenvalue weighted by atomic mass is 16.6. The minimum absolute atomic E-state index is 0.0341. The molecule has 0 spiro atoms. The third-order valence-corrected chi connectivity index (χ3v) is 4.75. The van der Waals surface area contributed by atoms with Crippen LogP contribution >= 0.6 is 0 Å². The summed E-state index contributed by atoms with van der Waals surface area (Å²) in [4.78, 5) is 27.3. The summed E-state index contributed by atoms with van der Waals surface area (Å²) in [5, 5.41) is 21.7. The predicted octanol–water partition coefficient (Wildman–Crippen LogP) is 0.573. The monoisotopic (exact) mass is 382 g/mol. The number of carboxylic acids is 1. The molecule has 1 saturated heterocycles. The van der Waals surface area contributed by atoms with Crippen molar-refractivity contribution in [2.24, 2.45) is 5.73 Å². The van der Waals surface area contributed by atoms with Gasteiger partial charge in [-0.1, -0.05) is 26.2 Å². The van der Waals surface area contributed by atoms with Gasteiger partial charge < -0.3 is 30.6 Å². The number of rotatable bonds is 11. The van der Waals surface area contributed by atoms with Gasteiger partial charge in [-0.3, -0.25) is 4.79 Å². The minimum Gasteiger partial charge on any atom is -0.480 e. The number of carbonyl (C=O) groups is 2. The van der Waals surface area contributed by atoms with Crippen molar-refractivity contribution in [1.82, 2.24) is 14.9 Å². The van der Waals surface area contributed by atoms with E-state index in [-0.39, 0.29) is 31.5 Å². The lowest BCUT2D eigenvalue weighted by Crippen LogP contribution is -2.42. The van der Waals surface area contributed by atoms with Gasteiger partial charge in [0.1, 0.15) is 6.04 Å². The van der Waals surface area contributed by atoms with Gasteiger partial charge in [0.25, 0.3) is 0 Å². The number of nitrogens with one attached hydrogen (secondary N) is 1. The molecule has 1 fully saturated rings. The van der Waals surface area contributed by atoms with Gasteiger partial charge in [-0.15, -0.1) is 0 Å². The van der Waals surface area contributed by atoms with Crippen molar-refractivity contribution in [3.05, 3.63) is 18.2 Å². The van der Waals surface area contributed by atoms with E-state index in [4.69, 9.17) is 10.5 Å². The molecule has 9 nitrogen and oxygen atoms in total. The molecular formula is C18H30N4O5. The zero-order valence-electron chi connectivity index (χ0n) is 15.7. The maximum atomic E-state index is 11.6. The van der Waals surface area contributed by atoms with Crippen LogP contribution in [0, 0.1) is 0 Å². The lowest BCUT2D eigenvalue weighted by molar-refractivity contribution is -0.141. The largest absolute Gasteiger partial charge is 0.480 e. The van der Waals surface area contributed by atoms with E-state index < -0.39 is 24.2 Å². The first-order chi connectivity index (χ1) is 12.9. The second-order valence-electron chi connectivity index (χ2n) is 6.94. The molecular weight excluding hydrogens is 352 g/mol. The highest BCUT2D eigenvalue weighted by Crippen LogP contribution is 2.33. The van der Waals surface area contributed by atoms with Gasteiger partial charge in [0.05, 0.1) is 24.2 Å². The Kier molecular flexibility index (Phi) is 8.21. The molecule has 1 amide bonds. The third kappa shape index (κ3) is 6.30. The van der Waals surface area contributed by atoms with E-state index in [1.165, 1.54) is 0 Å². The molecule has 3 unspecified atom stereocenters. The Bertz CT molecular complexity index is 621.